The van der Waals surface area contributed by atoms with E-state index in [1.165, 1.54) is 12.8 Å². The minimum Gasteiger partial charge on any atom is -0.457 e. The summed E-state index contributed by atoms with van der Waals surface area (Å²) in [6.45, 7) is 0. The number of benzene rings is 2. The summed E-state index contributed by atoms with van der Waals surface area (Å²) in [6.07, 6.45) is 4.63. The Labute approximate surface area is 124 Å². The van der Waals surface area contributed by atoms with Gasteiger partial charge in [0.05, 0.1) is 0 Å². The second-order valence-corrected chi connectivity index (χ2v) is 5.39. The summed E-state index contributed by atoms with van der Waals surface area (Å²) in [5.74, 6) is 1.53. The van der Waals surface area contributed by atoms with E-state index in [0.717, 1.165) is 24.3 Å². The quantitative estimate of drug-likeness (QED) is 0.914. The number of amides is 1. The largest absolute Gasteiger partial charge is 0.457 e. The van der Waals surface area contributed by atoms with Crippen molar-refractivity contribution in [1.29, 1.82) is 0 Å². The number of nitrogens with one attached hydrogen (secondary N) is 1. The van der Waals surface area contributed by atoms with Gasteiger partial charge >= 0.3 is 0 Å². The highest BCUT2D eigenvalue weighted by atomic mass is 16.5. The molecule has 0 spiro atoms. The standard InChI is InChI=1S/C18H19NO2/c20-18(19-15-6-4-5-7-15)14-10-12-17(13-11-14)21-16-8-2-1-3-9-16/h1-3,8-13,15H,4-7H2,(H,19,20). The van der Waals surface area contributed by atoms with Gasteiger partial charge < -0.3 is 10.1 Å². The monoisotopic (exact) mass is 281 g/mol. The van der Waals surface area contributed by atoms with E-state index in [-0.39, 0.29) is 5.91 Å². The van der Waals surface area contributed by atoms with Crippen LogP contribution in [-0.2, 0) is 0 Å². The van der Waals surface area contributed by atoms with Crippen molar-refractivity contribution in [1.82, 2.24) is 5.32 Å². The number of para-hydroxylation sites is 1. The maximum absolute atomic E-state index is 12.1. The van der Waals surface area contributed by atoms with E-state index in [9.17, 15) is 4.79 Å². The summed E-state index contributed by atoms with van der Waals surface area (Å²) < 4.78 is 5.71. The van der Waals surface area contributed by atoms with Crippen LogP contribution in [-0.4, -0.2) is 11.9 Å². The SMILES string of the molecule is O=C(NC1CCCC1)c1ccc(Oc2ccccc2)cc1. The van der Waals surface area contributed by atoms with E-state index >= 15 is 0 Å². The van der Waals surface area contributed by atoms with Crippen molar-refractivity contribution >= 4 is 5.91 Å². The summed E-state index contributed by atoms with van der Waals surface area (Å²) in [6, 6.07) is 17.2. The van der Waals surface area contributed by atoms with E-state index in [0.29, 0.717) is 11.6 Å². The first-order valence-electron chi connectivity index (χ1n) is 7.45. The highest BCUT2D eigenvalue weighted by Crippen LogP contribution is 2.22. The molecule has 1 amide bonds. The van der Waals surface area contributed by atoms with Crippen LogP contribution >= 0.6 is 0 Å². The maximum Gasteiger partial charge on any atom is 0.251 e. The Morgan fingerprint density at radius 3 is 2.19 bits per heavy atom. The van der Waals surface area contributed by atoms with Gasteiger partial charge in [-0.1, -0.05) is 31.0 Å². The van der Waals surface area contributed by atoms with Gasteiger partial charge in [0.2, 0.25) is 0 Å². The van der Waals surface area contributed by atoms with Gasteiger partial charge in [-0.25, -0.2) is 0 Å². The predicted molar refractivity (Wildman–Crippen MR) is 82.7 cm³/mol. The molecule has 1 saturated carbocycles. The van der Waals surface area contributed by atoms with Crippen LogP contribution in [0.15, 0.2) is 54.6 Å². The lowest BCUT2D eigenvalue weighted by atomic mass is 10.1. The van der Waals surface area contributed by atoms with Crippen molar-refractivity contribution in [2.75, 3.05) is 0 Å². The van der Waals surface area contributed by atoms with Gasteiger partial charge in [0, 0.05) is 11.6 Å². The Hall–Kier alpha value is -2.29. The molecule has 21 heavy (non-hydrogen) atoms. The molecule has 3 heteroatoms. The van der Waals surface area contributed by atoms with E-state index in [4.69, 9.17) is 4.74 Å². The molecule has 2 aromatic carbocycles. The van der Waals surface area contributed by atoms with Crippen LogP contribution in [0.3, 0.4) is 0 Å². The first-order valence-corrected chi connectivity index (χ1v) is 7.45. The third kappa shape index (κ3) is 3.63. The molecule has 3 rings (SSSR count). The average molecular weight is 281 g/mol. The van der Waals surface area contributed by atoms with Gasteiger partial charge in [-0.2, -0.15) is 0 Å². The third-order valence-electron chi connectivity index (χ3n) is 3.79. The van der Waals surface area contributed by atoms with E-state index < -0.39 is 0 Å². The zero-order valence-electron chi connectivity index (χ0n) is 11.9. The lowest BCUT2D eigenvalue weighted by molar-refractivity contribution is 0.0938. The molecule has 0 unspecified atom stereocenters. The second-order valence-electron chi connectivity index (χ2n) is 5.39. The van der Waals surface area contributed by atoms with Crippen molar-refractivity contribution in [3.63, 3.8) is 0 Å². The Balaban J connectivity index is 1.62. The van der Waals surface area contributed by atoms with Crippen molar-refractivity contribution in [2.45, 2.75) is 31.7 Å². The fraction of sp³-hybridized carbons (Fsp3) is 0.278. The van der Waals surface area contributed by atoms with Gasteiger partial charge in [0.15, 0.2) is 0 Å². The minimum atomic E-state index is 0.00756. The molecular formula is C18H19NO2. The average Bonchev–Trinajstić information content (AvgIpc) is 3.02. The van der Waals surface area contributed by atoms with Gasteiger partial charge in [-0.05, 0) is 49.2 Å². The number of carbonyl (C=O) groups excluding carboxylic acids is 1. The van der Waals surface area contributed by atoms with E-state index in [1.54, 1.807) is 0 Å². The summed E-state index contributed by atoms with van der Waals surface area (Å²) in [5, 5.41) is 3.08. The third-order valence-corrected chi connectivity index (χ3v) is 3.79. The molecule has 2 aromatic rings. The molecule has 1 aliphatic rings. The van der Waals surface area contributed by atoms with Crippen molar-refractivity contribution in [3.8, 4) is 11.5 Å². The fourth-order valence-electron chi connectivity index (χ4n) is 2.64. The predicted octanol–water partition coefficient (Wildman–Crippen LogP) is 4.15. The van der Waals surface area contributed by atoms with Crippen molar-refractivity contribution in [2.24, 2.45) is 0 Å². The topological polar surface area (TPSA) is 38.3 Å². The van der Waals surface area contributed by atoms with Crippen LogP contribution in [0.5, 0.6) is 11.5 Å². The number of hydrogen-bond donors (Lipinski definition) is 1. The normalized spacial score (nSPS) is 14.9. The molecule has 108 valence electrons. The number of hydrogen-bond acceptors (Lipinski definition) is 2. The lowest BCUT2D eigenvalue weighted by Crippen LogP contribution is -2.32. The van der Waals surface area contributed by atoms with Gasteiger partial charge in [0.25, 0.3) is 5.91 Å². The summed E-state index contributed by atoms with van der Waals surface area (Å²) in [7, 11) is 0. The van der Waals surface area contributed by atoms with Crippen LogP contribution < -0.4 is 10.1 Å². The number of rotatable bonds is 4. The van der Waals surface area contributed by atoms with E-state index in [1.807, 2.05) is 54.6 Å². The van der Waals surface area contributed by atoms with Gasteiger partial charge in [-0.15, -0.1) is 0 Å². The zero-order valence-corrected chi connectivity index (χ0v) is 11.9. The molecule has 1 N–H and O–H groups in total. The molecular weight excluding hydrogens is 262 g/mol. The summed E-state index contributed by atoms with van der Waals surface area (Å²) in [5.41, 5.74) is 0.683. The second kappa shape index (κ2) is 6.44. The molecule has 3 nitrogen and oxygen atoms in total. The molecule has 0 saturated heterocycles. The van der Waals surface area contributed by atoms with Crippen molar-refractivity contribution < 1.29 is 9.53 Å². The van der Waals surface area contributed by atoms with Crippen LogP contribution in [0, 0.1) is 0 Å². The molecule has 0 aliphatic heterocycles. The van der Waals surface area contributed by atoms with E-state index in [2.05, 4.69) is 5.32 Å². The van der Waals surface area contributed by atoms with Crippen LogP contribution in [0.1, 0.15) is 36.0 Å². The molecule has 0 aromatic heterocycles. The van der Waals surface area contributed by atoms with Crippen molar-refractivity contribution in [3.05, 3.63) is 60.2 Å². The molecule has 0 heterocycles. The zero-order chi connectivity index (χ0) is 14.5. The molecule has 0 bridgehead atoms. The smallest absolute Gasteiger partial charge is 0.251 e. The lowest BCUT2D eigenvalue weighted by Gasteiger charge is -2.12. The highest BCUT2D eigenvalue weighted by Gasteiger charge is 2.17. The molecule has 1 fully saturated rings. The molecule has 0 atom stereocenters. The first-order chi connectivity index (χ1) is 10.3. The minimum absolute atomic E-state index is 0.00756. The van der Waals surface area contributed by atoms with Crippen LogP contribution in [0.4, 0.5) is 0 Å². The Kier molecular flexibility index (Phi) is 4.20. The van der Waals surface area contributed by atoms with Crippen LogP contribution in [0.2, 0.25) is 0 Å². The first kappa shape index (κ1) is 13.7. The van der Waals surface area contributed by atoms with Gasteiger partial charge in [-0.3, -0.25) is 4.79 Å². The van der Waals surface area contributed by atoms with Crippen LogP contribution in [0.25, 0.3) is 0 Å². The Morgan fingerprint density at radius 1 is 0.905 bits per heavy atom. The Morgan fingerprint density at radius 2 is 1.52 bits per heavy atom. The molecule has 1 aliphatic carbocycles. The molecule has 0 radical (unpaired) electrons. The maximum atomic E-state index is 12.1. The highest BCUT2D eigenvalue weighted by molar-refractivity contribution is 5.94. The Bertz CT molecular complexity index is 586. The fourth-order valence-corrected chi connectivity index (χ4v) is 2.64. The number of ether oxygens (including phenoxy) is 1. The summed E-state index contributed by atoms with van der Waals surface area (Å²) >= 11 is 0. The number of carbonyl (C=O) groups is 1. The van der Waals surface area contributed by atoms with Gasteiger partial charge in [0.1, 0.15) is 11.5 Å². The summed E-state index contributed by atoms with van der Waals surface area (Å²) in [4.78, 5) is 12.1.